The normalized spacial score (nSPS) is 37.9. The van der Waals surface area contributed by atoms with Gasteiger partial charge in [-0.3, -0.25) is 19.1 Å². The number of aliphatic hydroxyl groups excluding tert-OH is 1. The average Bonchev–Trinajstić information content (AvgIpc) is 3.12. The molecule has 0 radical (unpaired) electrons. The van der Waals surface area contributed by atoms with E-state index in [4.69, 9.17) is 18.9 Å². The van der Waals surface area contributed by atoms with Crippen LogP contribution < -0.4 is 0 Å². The fraction of sp³-hybridized carbons (Fsp3) is 0.690. The van der Waals surface area contributed by atoms with Crippen molar-refractivity contribution in [3.05, 3.63) is 36.0 Å². The molecular weight excluding hydrogens is 476 g/mol. The summed E-state index contributed by atoms with van der Waals surface area (Å²) in [5, 5.41) is 11.7. The van der Waals surface area contributed by atoms with E-state index < -0.39 is 47.6 Å². The van der Waals surface area contributed by atoms with E-state index in [9.17, 15) is 19.5 Å². The Morgan fingerprint density at radius 3 is 2.41 bits per heavy atom. The first kappa shape index (κ1) is 29.1. The fourth-order valence-corrected chi connectivity index (χ4v) is 6.30. The second kappa shape index (κ2) is 11.1. The first-order valence-corrected chi connectivity index (χ1v) is 13.2. The maximum atomic E-state index is 12.8. The molecule has 2 fully saturated rings. The molecule has 1 spiro atoms. The largest absolute Gasteiger partial charge is 0.458 e. The number of hydrogen-bond donors (Lipinski definition) is 1. The summed E-state index contributed by atoms with van der Waals surface area (Å²) in [6, 6.07) is 0. The van der Waals surface area contributed by atoms with Gasteiger partial charge in [-0.1, -0.05) is 52.0 Å². The smallest absolute Gasteiger partial charge is 0.309 e. The summed E-state index contributed by atoms with van der Waals surface area (Å²) in [7, 11) is 0. The second-order valence-electron chi connectivity index (χ2n) is 11.2. The topological polar surface area (TPSA) is 108 Å². The highest BCUT2D eigenvalue weighted by molar-refractivity contribution is 5.72. The van der Waals surface area contributed by atoms with Crippen LogP contribution in [0.3, 0.4) is 0 Å². The summed E-state index contributed by atoms with van der Waals surface area (Å²) >= 11 is 0. The van der Waals surface area contributed by atoms with Gasteiger partial charge in [-0.25, -0.2) is 0 Å². The van der Waals surface area contributed by atoms with Crippen molar-refractivity contribution < 1.29 is 38.4 Å². The molecule has 206 valence electrons. The van der Waals surface area contributed by atoms with Crippen LogP contribution in [0.4, 0.5) is 0 Å². The lowest BCUT2D eigenvalue weighted by molar-refractivity contribution is -0.254. The van der Waals surface area contributed by atoms with Crippen molar-refractivity contribution in [1.29, 1.82) is 0 Å². The van der Waals surface area contributed by atoms with Crippen LogP contribution in [0, 0.1) is 28.6 Å². The first-order chi connectivity index (χ1) is 17.3. The van der Waals surface area contributed by atoms with E-state index in [-0.39, 0.29) is 23.7 Å². The molecule has 3 aliphatic rings. The van der Waals surface area contributed by atoms with E-state index in [1.165, 1.54) is 13.8 Å². The maximum absolute atomic E-state index is 12.8. The van der Waals surface area contributed by atoms with E-state index in [1.54, 1.807) is 12.2 Å². The fourth-order valence-electron chi connectivity index (χ4n) is 6.30. The molecule has 8 heteroatoms. The van der Waals surface area contributed by atoms with Crippen LogP contribution in [0.15, 0.2) is 36.0 Å². The van der Waals surface area contributed by atoms with Crippen molar-refractivity contribution in [2.75, 3.05) is 0 Å². The Bertz CT molecular complexity index is 982. The molecule has 37 heavy (non-hydrogen) atoms. The highest BCUT2D eigenvalue weighted by Crippen LogP contribution is 2.67. The molecule has 2 aliphatic carbocycles. The molecule has 1 saturated heterocycles. The zero-order chi connectivity index (χ0) is 27.7. The van der Waals surface area contributed by atoms with E-state index in [0.717, 1.165) is 5.57 Å². The second-order valence-corrected chi connectivity index (χ2v) is 11.2. The van der Waals surface area contributed by atoms with Gasteiger partial charge in [0.15, 0.2) is 0 Å². The van der Waals surface area contributed by atoms with Gasteiger partial charge in [0, 0.05) is 19.4 Å². The van der Waals surface area contributed by atoms with Crippen LogP contribution in [0.25, 0.3) is 0 Å². The number of hydrogen-bond acceptors (Lipinski definition) is 8. The Hall–Kier alpha value is -2.45. The van der Waals surface area contributed by atoms with Crippen molar-refractivity contribution in [2.24, 2.45) is 28.6 Å². The molecule has 0 bridgehead atoms. The third kappa shape index (κ3) is 5.28. The molecule has 0 aromatic rings. The molecule has 3 rings (SSSR count). The Balaban J connectivity index is 2.21. The lowest BCUT2D eigenvalue weighted by atomic mass is 9.45. The molecule has 1 heterocycles. The number of aliphatic hydroxyl groups is 1. The van der Waals surface area contributed by atoms with Crippen molar-refractivity contribution in [2.45, 2.75) is 98.9 Å². The maximum Gasteiger partial charge on any atom is 0.309 e. The van der Waals surface area contributed by atoms with E-state index in [0.29, 0.717) is 31.3 Å². The molecule has 8 nitrogen and oxygen atoms in total. The van der Waals surface area contributed by atoms with Gasteiger partial charge in [-0.05, 0) is 55.9 Å². The number of allylic oxidation sites excluding steroid dienone is 3. The van der Waals surface area contributed by atoms with Gasteiger partial charge in [-0.15, -0.1) is 0 Å². The first-order valence-electron chi connectivity index (χ1n) is 13.2. The lowest BCUT2D eigenvalue weighted by Gasteiger charge is -2.60. The Morgan fingerprint density at radius 2 is 1.84 bits per heavy atom. The molecule has 0 aromatic carbocycles. The third-order valence-corrected chi connectivity index (χ3v) is 8.87. The van der Waals surface area contributed by atoms with Crippen LogP contribution >= 0.6 is 0 Å². The molecular formula is C29H42O8. The van der Waals surface area contributed by atoms with Crippen LogP contribution in [0.1, 0.15) is 74.1 Å². The SMILES string of the molecule is C=C/C(C)=C/C[C@]1(C)[C@H](C)C[C@H](O)[C@@]23C(=C[C@@H](OC(=O)[C@H](C)CC)C[C@@H]12)[C@@H](OC(C)=O)O[C@H]3OC(C)=O. The summed E-state index contributed by atoms with van der Waals surface area (Å²) in [5.41, 5.74) is -0.0572. The third-order valence-electron chi connectivity index (χ3n) is 8.87. The van der Waals surface area contributed by atoms with Crippen LogP contribution in [0.5, 0.6) is 0 Å². The minimum atomic E-state index is -1.17. The van der Waals surface area contributed by atoms with Crippen molar-refractivity contribution in [3.8, 4) is 0 Å². The molecule has 0 unspecified atom stereocenters. The summed E-state index contributed by atoms with van der Waals surface area (Å²) in [6.07, 6.45) is 3.89. The Kier molecular flexibility index (Phi) is 8.75. The molecule has 1 saturated carbocycles. The monoisotopic (exact) mass is 518 g/mol. The van der Waals surface area contributed by atoms with Gasteiger partial charge >= 0.3 is 17.9 Å². The lowest BCUT2D eigenvalue weighted by Crippen LogP contribution is -2.63. The standard InChI is InChI=1S/C29H42O8/c1-9-16(3)11-12-28(8)18(5)13-24(32)29-22(26(34-19(6)30)37-27(29)35-20(7)31)14-21(15-23(28)29)36-25(33)17(4)10-2/h9,11,14,17-18,21,23-24,26-27,32H,1,10,12-13,15H2,2-8H3/b16-11+/t17-,18-,21-,23+,24+,26+,27-,28-,29-/m1/s1. The van der Waals surface area contributed by atoms with Gasteiger partial charge < -0.3 is 19.3 Å². The minimum absolute atomic E-state index is 0.0722. The molecule has 1 aliphatic heterocycles. The van der Waals surface area contributed by atoms with Crippen molar-refractivity contribution >= 4 is 17.9 Å². The van der Waals surface area contributed by atoms with E-state index >= 15 is 0 Å². The molecule has 0 aromatic heterocycles. The van der Waals surface area contributed by atoms with E-state index in [2.05, 4.69) is 26.5 Å². The highest BCUT2D eigenvalue weighted by atomic mass is 16.8. The van der Waals surface area contributed by atoms with Crippen LogP contribution in [0.2, 0.25) is 0 Å². The Morgan fingerprint density at radius 1 is 1.19 bits per heavy atom. The van der Waals surface area contributed by atoms with Gasteiger partial charge in [0.25, 0.3) is 0 Å². The summed E-state index contributed by atoms with van der Waals surface area (Å²) in [5.74, 6) is -1.99. The van der Waals surface area contributed by atoms with Gasteiger partial charge in [0.1, 0.15) is 6.10 Å². The summed E-state index contributed by atoms with van der Waals surface area (Å²) < 4.78 is 23.2. The van der Waals surface area contributed by atoms with Gasteiger partial charge in [0.05, 0.1) is 17.4 Å². The quantitative estimate of drug-likeness (QED) is 0.215. The molecule has 0 amide bonds. The molecule has 1 N–H and O–H groups in total. The van der Waals surface area contributed by atoms with Crippen molar-refractivity contribution in [3.63, 3.8) is 0 Å². The average molecular weight is 519 g/mol. The number of carbonyl (C=O) groups excluding carboxylic acids is 3. The van der Waals surface area contributed by atoms with Crippen LogP contribution in [-0.4, -0.2) is 47.8 Å². The zero-order valence-electron chi connectivity index (χ0n) is 23.1. The summed E-state index contributed by atoms with van der Waals surface area (Å²) in [6.45, 7) is 16.4. The number of esters is 3. The number of rotatable bonds is 8. The number of ether oxygens (including phenoxy) is 4. The highest BCUT2D eigenvalue weighted by Gasteiger charge is 2.71. The van der Waals surface area contributed by atoms with E-state index in [1.807, 2.05) is 20.8 Å². The molecule has 9 atom stereocenters. The predicted molar refractivity (Wildman–Crippen MR) is 137 cm³/mol. The zero-order valence-corrected chi connectivity index (χ0v) is 23.1. The Labute approximate surface area is 220 Å². The predicted octanol–water partition coefficient (Wildman–Crippen LogP) is 4.62. The number of carbonyl (C=O) groups is 3. The summed E-state index contributed by atoms with van der Waals surface area (Å²) in [4.78, 5) is 37.0. The van der Waals surface area contributed by atoms with Crippen molar-refractivity contribution in [1.82, 2.24) is 0 Å². The minimum Gasteiger partial charge on any atom is -0.458 e. The van der Waals surface area contributed by atoms with Gasteiger partial charge in [-0.2, -0.15) is 0 Å². The van der Waals surface area contributed by atoms with Gasteiger partial charge in [0.2, 0.25) is 12.6 Å². The van der Waals surface area contributed by atoms with Crippen LogP contribution in [-0.2, 0) is 33.3 Å².